The molecule has 5 heterocycles. The molecule has 1 unspecified atom stereocenters. The zero-order chi connectivity index (χ0) is 21.4. The van der Waals surface area contributed by atoms with Crippen LogP contribution in [0.1, 0.15) is 26.2 Å². The summed E-state index contributed by atoms with van der Waals surface area (Å²) in [7, 11) is 1.80. The van der Waals surface area contributed by atoms with Gasteiger partial charge in [-0.25, -0.2) is 9.97 Å². The first-order valence-corrected chi connectivity index (χ1v) is 10.6. The van der Waals surface area contributed by atoms with Crippen molar-refractivity contribution >= 4 is 17.4 Å². The van der Waals surface area contributed by atoms with Crippen molar-refractivity contribution in [2.24, 2.45) is 0 Å². The van der Waals surface area contributed by atoms with Crippen LogP contribution < -0.4 is 9.80 Å². The Morgan fingerprint density at radius 1 is 1.13 bits per heavy atom. The lowest BCUT2D eigenvalue weighted by Crippen LogP contribution is -2.57. The Morgan fingerprint density at radius 3 is 2.65 bits per heavy atom. The maximum atomic E-state index is 13.1. The second-order valence-corrected chi connectivity index (χ2v) is 7.81. The standard InChI is InChI=1S/C22H25N7O2/c1-3-17-21(30)27(2)18-14-25-22(26-20(18)29(17)16-6-12-31-13-7-16)28-11-10-24-19(28)15-4-8-23-9-5-15/h4-5,8-11,14,16-17H,3,6-7,12-13H2,1-2H3. The lowest BCUT2D eigenvalue weighted by molar-refractivity contribution is -0.120. The Kier molecular flexibility index (Phi) is 5.11. The number of hydrogen-bond acceptors (Lipinski definition) is 7. The van der Waals surface area contributed by atoms with Crippen molar-refractivity contribution in [3.05, 3.63) is 43.1 Å². The molecule has 9 heteroatoms. The van der Waals surface area contributed by atoms with E-state index in [1.807, 2.05) is 29.8 Å². The van der Waals surface area contributed by atoms with E-state index in [1.54, 1.807) is 36.7 Å². The fourth-order valence-electron chi connectivity index (χ4n) is 4.45. The van der Waals surface area contributed by atoms with E-state index < -0.39 is 0 Å². The molecule has 0 bridgehead atoms. The number of amides is 1. The molecule has 0 spiro atoms. The molecular formula is C22H25N7O2. The van der Waals surface area contributed by atoms with Gasteiger partial charge in [-0.05, 0) is 31.4 Å². The van der Waals surface area contributed by atoms with Crippen LogP contribution in [0.5, 0.6) is 0 Å². The average molecular weight is 419 g/mol. The summed E-state index contributed by atoms with van der Waals surface area (Å²) >= 11 is 0. The first kappa shape index (κ1) is 19.6. The average Bonchev–Trinajstić information content (AvgIpc) is 3.32. The Morgan fingerprint density at radius 2 is 1.90 bits per heavy atom. The molecule has 1 amide bonds. The van der Waals surface area contributed by atoms with Crippen LogP contribution in [0.2, 0.25) is 0 Å². The van der Waals surface area contributed by atoms with Crippen LogP contribution >= 0.6 is 0 Å². The van der Waals surface area contributed by atoms with E-state index in [4.69, 9.17) is 9.72 Å². The predicted octanol–water partition coefficient (Wildman–Crippen LogP) is 2.46. The number of nitrogens with zero attached hydrogens (tertiary/aromatic N) is 7. The number of ether oxygens (including phenoxy) is 1. The number of rotatable bonds is 4. The maximum absolute atomic E-state index is 13.1. The summed E-state index contributed by atoms with van der Waals surface area (Å²) in [5, 5.41) is 0. The number of likely N-dealkylation sites (N-methyl/N-ethyl adjacent to an activating group) is 1. The van der Waals surface area contributed by atoms with E-state index in [0.717, 1.165) is 35.7 Å². The summed E-state index contributed by atoms with van der Waals surface area (Å²) in [5.41, 5.74) is 1.66. The highest BCUT2D eigenvalue weighted by molar-refractivity contribution is 6.04. The Balaban J connectivity index is 1.62. The highest BCUT2D eigenvalue weighted by atomic mass is 16.5. The molecule has 3 aromatic rings. The third-order valence-corrected chi connectivity index (χ3v) is 6.06. The van der Waals surface area contributed by atoms with E-state index in [2.05, 4.69) is 19.9 Å². The Bertz CT molecular complexity index is 1080. The van der Waals surface area contributed by atoms with Crippen LogP contribution in [-0.4, -0.2) is 62.8 Å². The molecular weight excluding hydrogens is 394 g/mol. The van der Waals surface area contributed by atoms with Crippen LogP contribution in [-0.2, 0) is 9.53 Å². The molecule has 0 N–H and O–H groups in total. The van der Waals surface area contributed by atoms with Crippen LogP contribution in [0, 0.1) is 0 Å². The first-order valence-electron chi connectivity index (χ1n) is 10.6. The molecule has 1 atom stereocenters. The van der Waals surface area contributed by atoms with Crippen molar-refractivity contribution in [3.63, 3.8) is 0 Å². The quantitative estimate of drug-likeness (QED) is 0.642. The Labute approximate surface area is 180 Å². The van der Waals surface area contributed by atoms with Crippen molar-refractivity contribution in [2.45, 2.75) is 38.3 Å². The monoisotopic (exact) mass is 419 g/mol. The highest BCUT2D eigenvalue weighted by Crippen LogP contribution is 2.38. The van der Waals surface area contributed by atoms with E-state index in [0.29, 0.717) is 25.6 Å². The molecule has 9 nitrogen and oxygen atoms in total. The minimum atomic E-state index is -0.245. The topological polar surface area (TPSA) is 89.3 Å². The van der Waals surface area contributed by atoms with Crippen LogP contribution in [0.25, 0.3) is 17.3 Å². The van der Waals surface area contributed by atoms with Crippen LogP contribution in [0.15, 0.2) is 43.1 Å². The SMILES string of the molecule is CCC1C(=O)N(C)c2cnc(-n3ccnc3-c3ccncc3)nc2N1C1CCOCC1. The number of carbonyl (C=O) groups excluding carboxylic acids is 1. The number of pyridine rings is 1. The van der Waals surface area contributed by atoms with Gasteiger partial charge in [0.25, 0.3) is 0 Å². The second-order valence-electron chi connectivity index (χ2n) is 7.81. The fourth-order valence-corrected chi connectivity index (χ4v) is 4.45. The van der Waals surface area contributed by atoms with Crippen molar-refractivity contribution in [3.8, 4) is 17.3 Å². The van der Waals surface area contributed by atoms with Crippen LogP contribution in [0.4, 0.5) is 11.5 Å². The summed E-state index contributed by atoms with van der Waals surface area (Å²) in [6, 6.07) is 3.78. The van der Waals surface area contributed by atoms with Gasteiger partial charge >= 0.3 is 0 Å². The normalized spacial score (nSPS) is 19.5. The van der Waals surface area contributed by atoms with E-state index in [1.165, 1.54) is 0 Å². The van der Waals surface area contributed by atoms with Gasteiger partial charge in [0.15, 0.2) is 5.82 Å². The van der Waals surface area contributed by atoms with Crippen LogP contribution in [0.3, 0.4) is 0 Å². The molecule has 3 aromatic heterocycles. The van der Waals surface area contributed by atoms with Gasteiger partial charge in [-0.1, -0.05) is 6.92 Å². The molecule has 1 fully saturated rings. The van der Waals surface area contributed by atoms with Gasteiger partial charge in [0.05, 0.1) is 6.20 Å². The maximum Gasteiger partial charge on any atom is 0.249 e. The summed E-state index contributed by atoms with van der Waals surface area (Å²) in [6.45, 7) is 3.44. The van der Waals surface area contributed by atoms with Crippen molar-refractivity contribution in [1.29, 1.82) is 0 Å². The van der Waals surface area contributed by atoms with Gasteiger partial charge in [-0.15, -0.1) is 0 Å². The molecule has 2 aliphatic heterocycles. The molecule has 0 aromatic carbocycles. The fraction of sp³-hybridized carbons (Fsp3) is 0.409. The molecule has 2 aliphatic rings. The minimum absolute atomic E-state index is 0.0814. The van der Waals surface area contributed by atoms with Gasteiger partial charge in [-0.2, -0.15) is 4.98 Å². The minimum Gasteiger partial charge on any atom is -0.381 e. The van der Waals surface area contributed by atoms with E-state index in [-0.39, 0.29) is 18.0 Å². The van der Waals surface area contributed by atoms with Gasteiger partial charge in [-0.3, -0.25) is 14.3 Å². The van der Waals surface area contributed by atoms with Gasteiger partial charge in [0.2, 0.25) is 11.9 Å². The first-order chi connectivity index (χ1) is 15.2. The molecule has 31 heavy (non-hydrogen) atoms. The third-order valence-electron chi connectivity index (χ3n) is 6.06. The van der Waals surface area contributed by atoms with Gasteiger partial charge in [0, 0.05) is 56.7 Å². The number of hydrogen-bond donors (Lipinski definition) is 0. The summed E-state index contributed by atoms with van der Waals surface area (Å²) < 4.78 is 7.44. The van der Waals surface area contributed by atoms with Gasteiger partial charge in [0.1, 0.15) is 17.6 Å². The lowest BCUT2D eigenvalue weighted by atomic mass is 9.99. The highest BCUT2D eigenvalue weighted by Gasteiger charge is 2.41. The molecule has 1 saturated heterocycles. The summed E-state index contributed by atoms with van der Waals surface area (Å²) in [4.78, 5) is 35.1. The number of imidazole rings is 1. The van der Waals surface area contributed by atoms with Crippen molar-refractivity contribution in [2.75, 3.05) is 30.1 Å². The Hall–Kier alpha value is -3.33. The van der Waals surface area contributed by atoms with E-state index in [9.17, 15) is 4.79 Å². The third kappa shape index (κ3) is 3.34. The molecule has 0 aliphatic carbocycles. The molecule has 5 rings (SSSR count). The molecule has 160 valence electrons. The summed E-state index contributed by atoms with van der Waals surface area (Å²) in [6.07, 6.45) is 11.3. The number of anilines is 2. The second kappa shape index (κ2) is 8.07. The predicted molar refractivity (Wildman–Crippen MR) is 116 cm³/mol. The number of aromatic nitrogens is 5. The molecule has 0 radical (unpaired) electrons. The molecule has 0 saturated carbocycles. The van der Waals surface area contributed by atoms with Crippen molar-refractivity contribution in [1.82, 2.24) is 24.5 Å². The summed E-state index contributed by atoms with van der Waals surface area (Å²) in [5.74, 6) is 2.14. The number of carbonyl (C=O) groups is 1. The number of fused-ring (bicyclic) bond motifs is 1. The smallest absolute Gasteiger partial charge is 0.249 e. The van der Waals surface area contributed by atoms with Crippen molar-refractivity contribution < 1.29 is 9.53 Å². The lowest BCUT2D eigenvalue weighted by Gasteiger charge is -2.45. The van der Waals surface area contributed by atoms with E-state index >= 15 is 0 Å². The largest absolute Gasteiger partial charge is 0.381 e. The zero-order valence-corrected chi connectivity index (χ0v) is 17.7. The zero-order valence-electron chi connectivity index (χ0n) is 17.7. The van der Waals surface area contributed by atoms with Gasteiger partial charge < -0.3 is 14.5 Å².